The van der Waals surface area contributed by atoms with E-state index in [0.29, 0.717) is 13.0 Å². The fraction of sp³-hybridized carbons (Fsp3) is 0.944. The van der Waals surface area contributed by atoms with Crippen LogP contribution in [0.25, 0.3) is 0 Å². The SMILES string of the molecule is CCN(CCN)CCN(CC)CCN(CC)CCNCCC(=O)OC. The normalized spacial score (nSPS) is 11.7. The third-order valence-electron chi connectivity index (χ3n) is 4.59. The van der Waals surface area contributed by atoms with E-state index in [9.17, 15) is 4.79 Å². The number of nitrogens with zero attached hydrogens (tertiary/aromatic N) is 3. The molecule has 0 aliphatic carbocycles. The average Bonchev–Trinajstić information content (AvgIpc) is 2.64. The summed E-state index contributed by atoms with van der Waals surface area (Å²) in [5.41, 5.74) is 5.66. The van der Waals surface area contributed by atoms with Crippen LogP contribution < -0.4 is 11.1 Å². The Morgan fingerprint density at radius 1 is 0.840 bits per heavy atom. The van der Waals surface area contributed by atoms with Gasteiger partial charge in [0.15, 0.2) is 0 Å². The van der Waals surface area contributed by atoms with Crippen LogP contribution in [0.4, 0.5) is 0 Å². The average molecular weight is 360 g/mol. The Balaban J connectivity index is 3.94. The number of carbonyl (C=O) groups is 1. The summed E-state index contributed by atoms with van der Waals surface area (Å²) in [5, 5.41) is 3.30. The van der Waals surface area contributed by atoms with E-state index in [1.54, 1.807) is 0 Å². The molecular weight excluding hydrogens is 318 g/mol. The van der Waals surface area contributed by atoms with Gasteiger partial charge in [0.1, 0.15) is 0 Å². The van der Waals surface area contributed by atoms with Crippen molar-refractivity contribution in [1.29, 1.82) is 0 Å². The molecule has 0 aliphatic heterocycles. The number of hydrogen-bond donors (Lipinski definition) is 2. The molecule has 0 radical (unpaired) electrons. The van der Waals surface area contributed by atoms with Crippen molar-refractivity contribution in [2.45, 2.75) is 27.2 Å². The largest absolute Gasteiger partial charge is 0.469 e. The van der Waals surface area contributed by atoms with Crippen LogP contribution in [0.2, 0.25) is 0 Å². The number of nitrogens with two attached hydrogens (primary N) is 1. The first-order valence-corrected chi connectivity index (χ1v) is 9.75. The molecule has 0 rings (SSSR count). The van der Waals surface area contributed by atoms with Gasteiger partial charge in [0.05, 0.1) is 13.5 Å². The van der Waals surface area contributed by atoms with Gasteiger partial charge in [-0.2, -0.15) is 0 Å². The van der Waals surface area contributed by atoms with Crippen LogP contribution in [0.1, 0.15) is 27.2 Å². The van der Waals surface area contributed by atoms with Crippen molar-refractivity contribution < 1.29 is 9.53 Å². The second kappa shape index (κ2) is 16.7. The molecule has 0 aromatic rings. The van der Waals surface area contributed by atoms with Crippen LogP contribution in [0.5, 0.6) is 0 Å². The minimum atomic E-state index is -0.158. The maximum atomic E-state index is 11.1. The van der Waals surface area contributed by atoms with Crippen molar-refractivity contribution in [3.63, 3.8) is 0 Å². The lowest BCUT2D eigenvalue weighted by molar-refractivity contribution is -0.140. The topological polar surface area (TPSA) is 74.1 Å². The monoisotopic (exact) mass is 359 g/mol. The summed E-state index contributed by atoms with van der Waals surface area (Å²) in [6.45, 7) is 18.4. The third kappa shape index (κ3) is 13.2. The van der Waals surface area contributed by atoms with Crippen molar-refractivity contribution in [2.75, 3.05) is 85.6 Å². The molecule has 0 saturated carbocycles. The first-order valence-electron chi connectivity index (χ1n) is 9.75. The zero-order valence-corrected chi connectivity index (χ0v) is 16.9. The number of hydrogen-bond acceptors (Lipinski definition) is 7. The van der Waals surface area contributed by atoms with Gasteiger partial charge in [-0.3, -0.25) is 4.79 Å². The summed E-state index contributed by atoms with van der Waals surface area (Å²) in [6, 6.07) is 0. The first kappa shape index (κ1) is 24.3. The van der Waals surface area contributed by atoms with Crippen molar-refractivity contribution in [3.8, 4) is 0 Å². The molecule has 7 heteroatoms. The molecule has 0 fully saturated rings. The summed E-state index contributed by atoms with van der Waals surface area (Å²) >= 11 is 0. The summed E-state index contributed by atoms with van der Waals surface area (Å²) in [5.74, 6) is -0.158. The van der Waals surface area contributed by atoms with Crippen LogP contribution in [0.15, 0.2) is 0 Å². The van der Waals surface area contributed by atoms with Crippen LogP contribution in [-0.2, 0) is 9.53 Å². The molecule has 0 aromatic heterocycles. The highest BCUT2D eigenvalue weighted by Gasteiger charge is 2.09. The van der Waals surface area contributed by atoms with E-state index in [2.05, 4.69) is 45.5 Å². The van der Waals surface area contributed by atoms with Crippen LogP contribution in [0, 0.1) is 0 Å². The molecule has 0 aromatic carbocycles. The molecule has 0 amide bonds. The van der Waals surface area contributed by atoms with Gasteiger partial charge in [0.25, 0.3) is 0 Å². The van der Waals surface area contributed by atoms with Gasteiger partial charge in [-0.05, 0) is 19.6 Å². The van der Waals surface area contributed by atoms with Gasteiger partial charge in [-0.15, -0.1) is 0 Å². The zero-order valence-electron chi connectivity index (χ0n) is 16.9. The summed E-state index contributed by atoms with van der Waals surface area (Å²) < 4.78 is 4.63. The van der Waals surface area contributed by atoms with E-state index >= 15 is 0 Å². The van der Waals surface area contributed by atoms with Crippen molar-refractivity contribution in [3.05, 3.63) is 0 Å². The fourth-order valence-corrected chi connectivity index (χ4v) is 2.69. The van der Waals surface area contributed by atoms with Crippen LogP contribution in [-0.4, -0.2) is 106 Å². The Hall–Kier alpha value is -0.730. The summed E-state index contributed by atoms with van der Waals surface area (Å²) in [4.78, 5) is 18.4. The van der Waals surface area contributed by atoms with Gasteiger partial charge in [0, 0.05) is 58.9 Å². The van der Waals surface area contributed by atoms with Crippen molar-refractivity contribution in [1.82, 2.24) is 20.0 Å². The number of carbonyl (C=O) groups excluding carboxylic acids is 1. The lowest BCUT2D eigenvalue weighted by Gasteiger charge is -2.28. The van der Waals surface area contributed by atoms with E-state index in [0.717, 1.165) is 72.0 Å². The minimum absolute atomic E-state index is 0.158. The Labute approximate surface area is 154 Å². The standard InChI is InChI=1S/C18H41N5O2/c1-5-21(12-9-19)14-16-23(7-3)17-15-22(6-2)13-11-20-10-8-18(24)25-4/h20H,5-17,19H2,1-4H3. The number of rotatable bonds is 17. The van der Waals surface area contributed by atoms with Crippen LogP contribution >= 0.6 is 0 Å². The number of likely N-dealkylation sites (N-methyl/N-ethyl adjacent to an activating group) is 3. The van der Waals surface area contributed by atoms with Crippen molar-refractivity contribution in [2.24, 2.45) is 5.73 Å². The molecule has 0 spiro atoms. The van der Waals surface area contributed by atoms with E-state index in [-0.39, 0.29) is 5.97 Å². The lowest BCUT2D eigenvalue weighted by atomic mass is 10.3. The molecule has 150 valence electrons. The number of methoxy groups -OCH3 is 1. The lowest BCUT2D eigenvalue weighted by Crippen LogP contribution is -2.42. The van der Waals surface area contributed by atoms with Gasteiger partial charge < -0.3 is 30.5 Å². The predicted molar refractivity (Wildman–Crippen MR) is 105 cm³/mol. The Kier molecular flexibility index (Phi) is 16.2. The fourth-order valence-electron chi connectivity index (χ4n) is 2.69. The molecule has 0 atom stereocenters. The molecule has 25 heavy (non-hydrogen) atoms. The third-order valence-corrected chi connectivity index (χ3v) is 4.59. The Morgan fingerprint density at radius 2 is 1.32 bits per heavy atom. The van der Waals surface area contributed by atoms with Crippen molar-refractivity contribution >= 4 is 5.97 Å². The second-order valence-corrected chi connectivity index (χ2v) is 6.17. The maximum absolute atomic E-state index is 11.1. The highest BCUT2D eigenvalue weighted by molar-refractivity contribution is 5.69. The maximum Gasteiger partial charge on any atom is 0.306 e. The molecule has 0 unspecified atom stereocenters. The minimum Gasteiger partial charge on any atom is -0.469 e. The summed E-state index contributed by atoms with van der Waals surface area (Å²) in [6.07, 6.45) is 0.433. The Morgan fingerprint density at radius 3 is 1.76 bits per heavy atom. The Bertz CT molecular complexity index is 318. The highest BCUT2D eigenvalue weighted by atomic mass is 16.5. The summed E-state index contributed by atoms with van der Waals surface area (Å²) in [7, 11) is 1.43. The molecule has 3 N–H and O–H groups in total. The van der Waals surface area contributed by atoms with E-state index in [1.165, 1.54) is 7.11 Å². The highest BCUT2D eigenvalue weighted by Crippen LogP contribution is 1.95. The molecule has 7 nitrogen and oxygen atoms in total. The number of nitrogens with one attached hydrogen (secondary N) is 1. The number of esters is 1. The molecule has 0 aliphatic rings. The molecule has 0 bridgehead atoms. The van der Waals surface area contributed by atoms with E-state index in [1.807, 2.05) is 0 Å². The van der Waals surface area contributed by atoms with Gasteiger partial charge in [0.2, 0.25) is 0 Å². The van der Waals surface area contributed by atoms with E-state index in [4.69, 9.17) is 5.73 Å². The molecule has 0 heterocycles. The quantitative estimate of drug-likeness (QED) is 0.281. The van der Waals surface area contributed by atoms with E-state index < -0.39 is 0 Å². The predicted octanol–water partition coefficient (Wildman–Crippen LogP) is 0.0635. The number of ether oxygens (including phenoxy) is 1. The van der Waals surface area contributed by atoms with Crippen LogP contribution in [0.3, 0.4) is 0 Å². The molecule has 0 saturated heterocycles. The van der Waals surface area contributed by atoms with Gasteiger partial charge in [-0.1, -0.05) is 20.8 Å². The smallest absolute Gasteiger partial charge is 0.306 e. The molecular formula is C18H41N5O2. The van der Waals surface area contributed by atoms with Gasteiger partial charge in [-0.25, -0.2) is 0 Å². The first-order chi connectivity index (χ1) is 12.1. The zero-order chi connectivity index (χ0) is 18.9. The second-order valence-electron chi connectivity index (χ2n) is 6.17. The van der Waals surface area contributed by atoms with Gasteiger partial charge >= 0.3 is 5.97 Å².